The zero-order chi connectivity index (χ0) is 16.2. The highest BCUT2D eigenvalue weighted by molar-refractivity contribution is 5.81. The summed E-state index contributed by atoms with van der Waals surface area (Å²) in [5.41, 5.74) is 2.06. The van der Waals surface area contributed by atoms with Gasteiger partial charge in [-0.15, -0.1) is 0 Å². The number of benzene rings is 1. The molecule has 0 radical (unpaired) electrons. The van der Waals surface area contributed by atoms with Crippen LogP contribution in [0.3, 0.4) is 0 Å². The van der Waals surface area contributed by atoms with Crippen molar-refractivity contribution in [2.75, 3.05) is 0 Å². The van der Waals surface area contributed by atoms with Crippen LogP contribution in [0.15, 0.2) is 18.2 Å². The Morgan fingerprint density at radius 2 is 1.90 bits per heavy atom. The molecule has 1 aromatic rings. The van der Waals surface area contributed by atoms with Crippen molar-refractivity contribution in [3.8, 4) is 5.75 Å². The van der Waals surface area contributed by atoms with E-state index in [1.165, 1.54) is 0 Å². The summed E-state index contributed by atoms with van der Waals surface area (Å²) in [6, 6.07) is 6.16. The quantitative estimate of drug-likeness (QED) is 0.853. The van der Waals surface area contributed by atoms with Crippen LogP contribution >= 0.6 is 0 Å². The van der Waals surface area contributed by atoms with Crippen molar-refractivity contribution in [1.29, 1.82) is 0 Å². The molecule has 0 saturated carbocycles. The lowest BCUT2D eigenvalue weighted by Crippen LogP contribution is -2.48. The Bertz CT molecular complexity index is 492. The molecule has 0 bridgehead atoms. The second-order valence-corrected chi connectivity index (χ2v) is 6.68. The summed E-state index contributed by atoms with van der Waals surface area (Å²) in [5, 5.41) is 3.03. The Morgan fingerprint density at radius 1 is 1.29 bits per heavy atom. The lowest BCUT2D eigenvalue weighted by molar-refractivity contribution is -0.129. The van der Waals surface area contributed by atoms with Gasteiger partial charge in [0, 0.05) is 5.54 Å². The molecule has 3 heteroatoms. The number of carbonyl (C=O) groups is 1. The lowest BCUT2D eigenvalue weighted by Gasteiger charge is -2.27. The van der Waals surface area contributed by atoms with Crippen LogP contribution < -0.4 is 10.1 Å². The molecule has 0 fully saturated rings. The molecule has 1 rings (SSSR count). The normalized spacial score (nSPS) is 13.1. The maximum absolute atomic E-state index is 12.3. The first kappa shape index (κ1) is 17.5. The maximum atomic E-state index is 12.3. The van der Waals surface area contributed by atoms with E-state index in [0.29, 0.717) is 5.92 Å². The van der Waals surface area contributed by atoms with Crippen LogP contribution in [-0.4, -0.2) is 17.6 Å². The summed E-state index contributed by atoms with van der Waals surface area (Å²) in [4.78, 5) is 12.3. The summed E-state index contributed by atoms with van der Waals surface area (Å²) in [6.45, 7) is 14.2. The van der Waals surface area contributed by atoms with Crippen LogP contribution in [-0.2, 0) is 4.79 Å². The fourth-order valence-corrected chi connectivity index (χ4v) is 1.99. The van der Waals surface area contributed by atoms with Crippen LogP contribution in [0, 0.1) is 6.92 Å². The molecule has 3 nitrogen and oxygen atoms in total. The molecular formula is C18H29NO2. The Kier molecular flexibility index (Phi) is 5.82. The third kappa shape index (κ3) is 5.07. The number of carbonyl (C=O) groups excluding carboxylic acids is 1. The van der Waals surface area contributed by atoms with Gasteiger partial charge >= 0.3 is 0 Å². The molecule has 0 saturated heterocycles. The number of ether oxygens (including phenoxy) is 1. The SMILES string of the molecule is CCC(C)(C)NC(=O)[C@@H](C)Oc1cc(C)ccc1C(C)C. The minimum Gasteiger partial charge on any atom is -0.481 e. The van der Waals surface area contributed by atoms with E-state index in [-0.39, 0.29) is 11.4 Å². The summed E-state index contributed by atoms with van der Waals surface area (Å²) < 4.78 is 5.93. The minimum atomic E-state index is -0.505. The average Bonchev–Trinajstić information content (AvgIpc) is 2.37. The molecular weight excluding hydrogens is 262 g/mol. The van der Waals surface area contributed by atoms with E-state index in [2.05, 4.69) is 38.2 Å². The Morgan fingerprint density at radius 3 is 2.43 bits per heavy atom. The Hall–Kier alpha value is -1.51. The van der Waals surface area contributed by atoms with E-state index in [1.807, 2.05) is 26.8 Å². The standard InChI is InChI=1S/C18H29NO2/c1-8-18(6,7)19-17(20)14(5)21-16-11-13(4)9-10-15(16)12(2)3/h9-12,14H,8H2,1-7H3,(H,19,20)/t14-/m1/s1. The van der Waals surface area contributed by atoms with Gasteiger partial charge in [-0.05, 0) is 57.2 Å². The van der Waals surface area contributed by atoms with E-state index in [9.17, 15) is 4.79 Å². The van der Waals surface area contributed by atoms with E-state index in [1.54, 1.807) is 6.92 Å². The minimum absolute atomic E-state index is 0.0712. The van der Waals surface area contributed by atoms with Crippen molar-refractivity contribution in [3.05, 3.63) is 29.3 Å². The summed E-state index contributed by atoms with van der Waals surface area (Å²) in [6.07, 6.45) is 0.378. The Balaban J connectivity index is 2.85. The van der Waals surface area contributed by atoms with Crippen LogP contribution in [0.2, 0.25) is 0 Å². The Labute approximate surface area is 129 Å². The van der Waals surface area contributed by atoms with Crippen molar-refractivity contribution >= 4 is 5.91 Å². The molecule has 1 amide bonds. The van der Waals surface area contributed by atoms with Gasteiger partial charge in [-0.25, -0.2) is 0 Å². The van der Waals surface area contributed by atoms with Gasteiger partial charge in [0.1, 0.15) is 5.75 Å². The fourth-order valence-electron chi connectivity index (χ4n) is 1.99. The molecule has 0 unspecified atom stereocenters. The molecule has 1 aromatic carbocycles. The molecule has 1 N–H and O–H groups in total. The molecule has 0 heterocycles. The second-order valence-electron chi connectivity index (χ2n) is 6.68. The van der Waals surface area contributed by atoms with Gasteiger partial charge in [0.15, 0.2) is 6.10 Å². The van der Waals surface area contributed by atoms with Crippen molar-refractivity contribution in [2.24, 2.45) is 0 Å². The second kappa shape index (κ2) is 6.97. The van der Waals surface area contributed by atoms with Crippen molar-refractivity contribution in [3.63, 3.8) is 0 Å². The molecule has 0 aromatic heterocycles. The van der Waals surface area contributed by atoms with E-state index in [4.69, 9.17) is 4.74 Å². The third-order valence-electron chi connectivity index (χ3n) is 3.81. The van der Waals surface area contributed by atoms with E-state index in [0.717, 1.165) is 23.3 Å². The van der Waals surface area contributed by atoms with Crippen LogP contribution in [0.25, 0.3) is 0 Å². The number of amides is 1. The van der Waals surface area contributed by atoms with Gasteiger partial charge in [-0.2, -0.15) is 0 Å². The van der Waals surface area contributed by atoms with Gasteiger partial charge < -0.3 is 10.1 Å². The average molecular weight is 291 g/mol. The highest BCUT2D eigenvalue weighted by Crippen LogP contribution is 2.28. The van der Waals surface area contributed by atoms with Gasteiger partial charge in [-0.1, -0.05) is 32.9 Å². The molecule has 0 aliphatic rings. The van der Waals surface area contributed by atoms with Gasteiger partial charge in [0.2, 0.25) is 0 Å². The van der Waals surface area contributed by atoms with Crippen LogP contribution in [0.4, 0.5) is 0 Å². The zero-order valence-corrected chi connectivity index (χ0v) is 14.4. The van der Waals surface area contributed by atoms with E-state index < -0.39 is 6.10 Å². The highest BCUT2D eigenvalue weighted by Gasteiger charge is 2.23. The topological polar surface area (TPSA) is 38.3 Å². The highest BCUT2D eigenvalue weighted by atomic mass is 16.5. The third-order valence-corrected chi connectivity index (χ3v) is 3.81. The summed E-state index contributed by atoms with van der Waals surface area (Å²) in [7, 11) is 0. The first-order valence-electron chi connectivity index (χ1n) is 7.75. The van der Waals surface area contributed by atoms with Gasteiger partial charge in [-0.3, -0.25) is 4.79 Å². The zero-order valence-electron chi connectivity index (χ0n) is 14.4. The van der Waals surface area contributed by atoms with Crippen LogP contribution in [0.1, 0.15) is 65.0 Å². The fraction of sp³-hybridized carbons (Fsp3) is 0.611. The first-order valence-corrected chi connectivity index (χ1v) is 7.75. The summed E-state index contributed by atoms with van der Waals surface area (Å²) in [5.74, 6) is 1.10. The molecule has 118 valence electrons. The van der Waals surface area contributed by atoms with Crippen LogP contribution in [0.5, 0.6) is 5.75 Å². The molecule has 0 aliphatic carbocycles. The molecule has 1 atom stereocenters. The van der Waals surface area contributed by atoms with Crippen molar-refractivity contribution in [2.45, 2.75) is 72.4 Å². The largest absolute Gasteiger partial charge is 0.481 e. The molecule has 0 aliphatic heterocycles. The number of nitrogens with one attached hydrogen (secondary N) is 1. The molecule has 21 heavy (non-hydrogen) atoms. The van der Waals surface area contributed by atoms with Crippen molar-refractivity contribution < 1.29 is 9.53 Å². The number of hydrogen-bond acceptors (Lipinski definition) is 2. The van der Waals surface area contributed by atoms with Crippen molar-refractivity contribution in [1.82, 2.24) is 5.32 Å². The smallest absolute Gasteiger partial charge is 0.261 e. The predicted octanol–water partition coefficient (Wildman–Crippen LogP) is 4.19. The molecule has 0 spiro atoms. The summed E-state index contributed by atoms with van der Waals surface area (Å²) >= 11 is 0. The number of rotatable bonds is 6. The number of hydrogen-bond donors (Lipinski definition) is 1. The van der Waals surface area contributed by atoms with Gasteiger partial charge in [0.05, 0.1) is 0 Å². The number of aryl methyl sites for hydroxylation is 1. The predicted molar refractivity (Wildman–Crippen MR) is 87.9 cm³/mol. The first-order chi connectivity index (χ1) is 9.66. The van der Waals surface area contributed by atoms with E-state index >= 15 is 0 Å². The lowest BCUT2D eigenvalue weighted by atomic mass is 10.0. The maximum Gasteiger partial charge on any atom is 0.261 e. The van der Waals surface area contributed by atoms with Gasteiger partial charge in [0.25, 0.3) is 5.91 Å². The monoisotopic (exact) mass is 291 g/mol.